The maximum absolute atomic E-state index is 13.4. The Labute approximate surface area is 149 Å². The van der Waals surface area contributed by atoms with E-state index >= 15 is 0 Å². The predicted molar refractivity (Wildman–Crippen MR) is 72.6 cm³/mol. The number of hydrogen-bond donors (Lipinski definition) is 0. The van der Waals surface area contributed by atoms with Crippen molar-refractivity contribution < 1.29 is 57.6 Å². The predicted octanol–water partition coefficient (Wildman–Crippen LogP) is 4.09. The lowest BCUT2D eigenvalue weighted by Crippen LogP contribution is -2.55. The fraction of sp³-hybridized carbons (Fsp3) is 1.00. The molecular weight excluding hydrogens is 420 g/mol. The lowest BCUT2D eigenvalue weighted by molar-refractivity contribution is -0.456. The summed E-state index contributed by atoms with van der Waals surface area (Å²) in [5.74, 6) is -5.35. The Bertz CT molecular complexity index is 590. The van der Waals surface area contributed by atoms with Crippen molar-refractivity contribution in [2.45, 2.75) is 74.4 Å². The van der Waals surface area contributed by atoms with Crippen molar-refractivity contribution in [1.82, 2.24) is 0 Å². The fourth-order valence-corrected chi connectivity index (χ4v) is 2.69. The lowest BCUT2D eigenvalue weighted by Gasteiger charge is -2.33. The van der Waals surface area contributed by atoms with Gasteiger partial charge in [0.05, 0.1) is 6.10 Å². The van der Waals surface area contributed by atoms with Crippen LogP contribution in [0.15, 0.2) is 0 Å². The molecule has 1 aliphatic carbocycles. The van der Waals surface area contributed by atoms with Crippen LogP contribution in [0.1, 0.15) is 44.9 Å². The molecule has 1 saturated carbocycles. The van der Waals surface area contributed by atoms with Gasteiger partial charge in [0.15, 0.2) is 10.1 Å². The van der Waals surface area contributed by atoms with Gasteiger partial charge in [0, 0.05) is 13.0 Å². The van der Waals surface area contributed by atoms with Gasteiger partial charge in [-0.05, 0) is 19.3 Å². The SMILES string of the molecule is O=S(=O)([O-])C(F)(F)C(F)(F)OC(F)(F)C(F)(F)CCCOC1CCCCC1. The molecule has 5 nitrogen and oxygen atoms in total. The van der Waals surface area contributed by atoms with E-state index in [1.165, 1.54) is 0 Å². The van der Waals surface area contributed by atoms with Gasteiger partial charge < -0.3 is 9.29 Å². The molecule has 0 heterocycles. The van der Waals surface area contributed by atoms with Gasteiger partial charge in [-0.3, -0.25) is 0 Å². The maximum atomic E-state index is 13.4. The van der Waals surface area contributed by atoms with Crippen molar-refractivity contribution in [3.05, 3.63) is 0 Å². The van der Waals surface area contributed by atoms with Crippen molar-refractivity contribution in [3.63, 3.8) is 0 Å². The van der Waals surface area contributed by atoms with Gasteiger partial charge in [0.1, 0.15) is 0 Å². The first kappa shape index (κ1) is 24.3. The molecule has 0 aromatic heterocycles. The summed E-state index contributed by atoms with van der Waals surface area (Å²) in [5.41, 5.74) is 0. The highest BCUT2D eigenvalue weighted by atomic mass is 32.2. The summed E-state index contributed by atoms with van der Waals surface area (Å²) in [6, 6.07) is 0. The third-order valence-electron chi connectivity index (χ3n) is 3.88. The van der Waals surface area contributed by atoms with E-state index < -0.39 is 53.0 Å². The van der Waals surface area contributed by atoms with Crippen LogP contribution in [0.3, 0.4) is 0 Å². The maximum Gasteiger partial charge on any atom is 0.438 e. The Hall–Kier alpha value is -0.730. The zero-order valence-electron chi connectivity index (χ0n) is 13.7. The number of rotatable bonds is 10. The van der Waals surface area contributed by atoms with Crippen LogP contribution in [0, 0.1) is 0 Å². The summed E-state index contributed by atoms with van der Waals surface area (Å²) in [7, 11) is -7.17. The Morgan fingerprint density at radius 2 is 1.41 bits per heavy atom. The third kappa shape index (κ3) is 5.87. The first-order chi connectivity index (χ1) is 12.0. The Kier molecular flexibility index (Phi) is 7.50. The standard InChI is InChI=1S/C13H18F8O5S/c14-10(15,7-4-8-25-9-5-2-1-3-6-9)11(16,17)26-12(18,19)13(20,21)27(22,23)24/h9H,1-8H2,(H,22,23,24)/p-1. The summed E-state index contributed by atoms with van der Waals surface area (Å²) < 4.78 is 142. The van der Waals surface area contributed by atoms with Crippen molar-refractivity contribution in [3.8, 4) is 0 Å². The minimum absolute atomic E-state index is 0.241. The van der Waals surface area contributed by atoms with Crippen LogP contribution < -0.4 is 0 Å². The van der Waals surface area contributed by atoms with Crippen molar-refractivity contribution in [1.29, 1.82) is 0 Å². The molecule has 0 spiro atoms. The smallest absolute Gasteiger partial charge is 0.438 e. The molecule has 0 amide bonds. The van der Waals surface area contributed by atoms with Crippen molar-refractivity contribution in [2.24, 2.45) is 0 Å². The highest BCUT2D eigenvalue weighted by Gasteiger charge is 2.71. The first-order valence-corrected chi connectivity index (χ1v) is 9.23. The molecule has 14 heteroatoms. The van der Waals surface area contributed by atoms with Gasteiger partial charge in [0.25, 0.3) is 0 Å². The van der Waals surface area contributed by atoms with Crippen LogP contribution in [0.5, 0.6) is 0 Å². The molecule has 0 N–H and O–H groups in total. The molecule has 0 bridgehead atoms. The van der Waals surface area contributed by atoms with Gasteiger partial charge in [-0.1, -0.05) is 19.3 Å². The average molecular weight is 437 g/mol. The summed E-state index contributed by atoms with van der Waals surface area (Å²) >= 11 is 0. The normalized spacial score (nSPS) is 18.7. The summed E-state index contributed by atoms with van der Waals surface area (Å²) in [6.07, 6.45) is -11.6. The molecule has 0 aromatic carbocycles. The van der Waals surface area contributed by atoms with E-state index in [4.69, 9.17) is 4.74 Å². The largest absolute Gasteiger partial charge is 0.743 e. The quantitative estimate of drug-likeness (QED) is 0.292. The van der Waals surface area contributed by atoms with Crippen LogP contribution in [-0.4, -0.2) is 49.1 Å². The van der Waals surface area contributed by atoms with Crippen molar-refractivity contribution in [2.75, 3.05) is 6.61 Å². The van der Waals surface area contributed by atoms with E-state index in [9.17, 15) is 48.1 Å². The van der Waals surface area contributed by atoms with Gasteiger partial charge in [-0.2, -0.15) is 35.1 Å². The van der Waals surface area contributed by atoms with Gasteiger partial charge in [-0.25, -0.2) is 13.2 Å². The number of ether oxygens (including phenoxy) is 2. The van der Waals surface area contributed by atoms with E-state index in [2.05, 4.69) is 4.74 Å². The topological polar surface area (TPSA) is 75.7 Å². The molecule has 0 aromatic rings. The first-order valence-electron chi connectivity index (χ1n) is 7.82. The summed E-state index contributed by atoms with van der Waals surface area (Å²) in [6.45, 7) is -0.405. The highest BCUT2D eigenvalue weighted by molar-refractivity contribution is 7.86. The minimum Gasteiger partial charge on any atom is -0.743 e. The number of hydrogen-bond acceptors (Lipinski definition) is 5. The van der Waals surface area contributed by atoms with Crippen LogP contribution in [-0.2, 0) is 19.6 Å². The van der Waals surface area contributed by atoms with E-state index in [0.29, 0.717) is 12.8 Å². The van der Waals surface area contributed by atoms with Crippen molar-refractivity contribution >= 4 is 10.1 Å². The highest BCUT2D eigenvalue weighted by Crippen LogP contribution is 2.47. The van der Waals surface area contributed by atoms with Gasteiger partial charge in [-0.15, -0.1) is 0 Å². The molecule has 162 valence electrons. The van der Waals surface area contributed by atoms with E-state index in [0.717, 1.165) is 19.3 Å². The molecule has 0 aliphatic heterocycles. The van der Waals surface area contributed by atoms with Crippen LogP contribution in [0.25, 0.3) is 0 Å². The van der Waals surface area contributed by atoms with E-state index in [1.54, 1.807) is 0 Å². The molecule has 27 heavy (non-hydrogen) atoms. The molecule has 1 fully saturated rings. The monoisotopic (exact) mass is 437 g/mol. The summed E-state index contributed by atoms with van der Waals surface area (Å²) in [4.78, 5) is 0. The number of alkyl halides is 8. The second-order valence-corrected chi connectivity index (χ2v) is 7.47. The molecule has 0 radical (unpaired) electrons. The Balaban J connectivity index is 2.67. The second-order valence-electron chi connectivity index (χ2n) is 6.05. The molecular formula is C13H17F8O5S-. The molecule has 0 atom stereocenters. The zero-order valence-corrected chi connectivity index (χ0v) is 14.5. The molecule has 1 rings (SSSR count). The van der Waals surface area contributed by atoms with E-state index in [-0.39, 0.29) is 6.10 Å². The third-order valence-corrected chi connectivity index (χ3v) is 4.74. The lowest BCUT2D eigenvalue weighted by atomic mass is 9.98. The number of halogens is 8. The summed E-state index contributed by atoms with van der Waals surface area (Å²) in [5, 5.41) is -6.68. The fourth-order valence-electron chi connectivity index (χ4n) is 2.36. The zero-order chi connectivity index (χ0) is 21.1. The molecule has 1 aliphatic rings. The van der Waals surface area contributed by atoms with E-state index in [1.807, 2.05) is 0 Å². The minimum atomic E-state index is -7.17. The second kappa shape index (κ2) is 8.33. The molecule has 0 unspecified atom stereocenters. The molecule has 0 saturated heterocycles. The Morgan fingerprint density at radius 1 is 0.889 bits per heavy atom. The van der Waals surface area contributed by atoms with Gasteiger partial charge >= 0.3 is 23.4 Å². The Morgan fingerprint density at radius 3 is 1.89 bits per heavy atom. The van der Waals surface area contributed by atoms with Crippen LogP contribution in [0.4, 0.5) is 35.1 Å². The average Bonchev–Trinajstić information content (AvgIpc) is 2.50. The van der Waals surface area contributed by atoms with Crippen LogP contribution >= 0.6 is 0 Å². The van der Waals surface area contributed by atoms with Crippen LogP contribution in [0.2, 0.25) is 0 Å². The van der Waals surface area contributed by atoms with Gasteiger partial charge in [0.2, 0.25) is 0 Å².